The van der Waals surface area contributed by atoms with Crippen molar-refractivity contribution in [2.75, 3.05) is 0 Å². The highest BCUT2D eigenvalue weighted by Crippen LogP contribution is 2.35. The van der Waals surface area contributed by atoms with Crippen LogP contribution in [0.4, 0.5) is 0 Å². The van der Waals surface area contributed by atoms with Crippen LogP contribution in [0.15, 0.2) is 0 Å². The van der Waals surface area contributed by atoms with Crippen molar-refractivity contribution in [2.45, 2.75) is 38.7 Å². The number of hydrogen-bond acceptors (Lipinski definition) is 2. The molecule has 0 spiro atoms. The molecule has 1 fully saturated rings. The van der Waals surface area contributed by atoms with Crippen LogP contribution in [0, 0.1) is 5.92 Å². The van der Waals surface area contributed by atoms with E-state index < -0.39 is 5.60 Å². The predicted molar refractivity (Wildman–Crippen MR) is 38.6 cm³/mol. The van der Waals surface area contributed by atoms with Crippen molar-refractivity contribution in [3.8, 4) is 0 Å². The van der Waals surface area contributed by atoms with E-state index in [1.807, 2.05) is 6.92 Å². The first-order valence-corrected chi connectivity index (χ1v) is 3.81. The average molecular weight is 142 g/mol. The van der Waals surface area contributed by atoms with Gasteiger partial charge in [-0.2, -0.15) is 0 Å². The minimum absolute atomic E-state index is 0.0718. The Kier molecular flexibility index (Phi) is 1.82. The SMILES string of the molecule is CC(=O)C1(O)CCCC1C. The third-order valence-corrected chi connectivity index (χ3v) is 2.62. The monoisotopic (exact) mass is 142 g/mol. The number of aliphatic hydroxyl groups is 1. The van der Waals surface area contributed by atoms with Gasteiger partial charge in [0.1, 0.15) is 5.60 Å². The molecule has 0 aromatic rings. The van der Waals surface area contributed by atoms with E-state index in [1.165, 1.54) is 6.92 Å². The summed E-state index contributed by atoms with van der Waals surface area (Å²) in [6, 6.07) is 0. The molecule has 0 radical (unpaired) electrons. The summed E-state index contributed by atoms with van der Waals surface area (Å²) in [4.78, 5) is 10.9. The lowest BCUT2D eigenvalue weighted by molar-refractivity contribution is -0.138. The standard InChI is InChI=1S/C8H14O2/c1-6-4-3-5-8(6,10)7(2)9/h6,10H,3-5H2,1-2H3. The first-order chi connectivity index (χ1) is 4.57. The van der Waals surface area contributed by atoms with Gasteiger partial charge in [-0.25, -0.2) is 0 Å². The molecule has 0 heterocycles. The Morgan fingerprint density at radius 3 is 2.50 bits per heavy atom. The van der Waals surface area contributed by atoms with Crippen molar-refractivity contribution in [1.82, 2.24) is 0 Å². The van der Waals surface area contributed by atoms with Crippen LogP contribution in [0.2, 0.25) is 0 Å². The lowest BCUT2D eigenvalue weighted by Gasteiger charge is -2.23. The summed E-state index contributed by atoms with van der Waals surface area (Å²) in [5, 5.41) is 9.69. The average Bonchev–Trinajstić information content (AvgIpc) is 2.15. The quantitative estimate of drug-likeness (QED) is 0.595. The zero-order valence-electron chi connectivity index (χ0n) is 6.55. The van der Waals surface area contributed by atoms with Gasteiger partial charge in [-0.15, -0.1) is 0 Å². The number of carbonyl (C=O) groups is 1. The van der Waals surface area contributed by atoms with Crippen molar-refractivity contribution < 1.29 is 9.90 Å². The number of carbonyl (C=O) groups excluding carboxylic acids is 1. The number of hydrogen-bond donors (Lipinski definition) is 1. The fourth-order valence-corrected chi connectivity index (χ4v) is 1.69. The molecule has 1 saturated carbocycles. The molecule has 0 saturated heterocycles. The molecule has 1 aliphatic rings. The van der Waals surface area contributed by atoms with Crippen molar-refractivity contribution in [3.05, 3.63) is 0 Å². The molecule has 10 heavy (non-hydrogen) atoms. The molecule has 2 nitrogen and oxygen atoms in total. The van der Waals surface area contributed by atoms with Crippen LogP contribution in [0.3, 0.4) is 0 Å². The fourth-order valence-electron chi connectivity index (χ4n) is 1.69. The Balaban J connectivity index is 2.75. The van der Waals surface area contributed by atoms with E-state index in [-0.39, 0.29) is 11.7 Å². The Bertz CT molecular complexity index is 153. The minimum Gasteiger partial charge on any atom is -0.382 e. The molecule has 0 bridgehead atoms. The van der Waals surface area contributed by atoms with E-state index in [0.29, 0.717) is 6.42 Å². The van der Waals surface area contributed by atoms with Crippen molar-refractivity contribution >= 4 is 5.78 Å². The van der Waals surface area contributed by atoms with Gasteiger partial charge in [0.25, 0.3) is 0 Å². The van der Waals surface area contributed by atoms with Gasteiger partial charge in [0, 0.05) is 0 Å². The molecule has 58 valence electrons. The summed E-state index contributed by atoms with van der Waals surface area (Å²) >= 11 is 0. The number of rotatable bonds is 1. The van der Waals surface area contributed by atoms with E-state index in [2.05, 4.69) is 0 Å². The summed E-state index contributed by atoms with van der Waals surface area (Å²) in [5.74, 6) is 0.0856. The third-order valence-electron chi connectivity index (χ3n) is 2.62. The van der Waals surface area contributed by atoms with Crippen LogP contribution in [0.1, 0.15) is 33.1 Å². The Morgan fingerprint density at radius 2 is 2.30 bits per heavy atom. The fraction of sp³-hybridized carbons (Fsp3) is 0.875. The molecule has 1 rings (SSSR count). The van der Waals surface area contributed by atoms with Gasteiger partial charge in [-0.05, 0) is 32.1 Å². The molecule has 0 aliphatic heterocycles. The highest BCUT2D eigenvalue weighted by atomic mass is 16.3. The van der Waals surface area contributed by atoms with E-state index in [9.17, 15) is 9.90 Å². The highest BCUT2D eigenvalue weighted by Gasteiger charge is 2.42. The Labute approximate surface area is 61.2 Å². The van der Waals surface area contributed by atoms with E-state index in [4.69, 9.17) is 0 Å². The molecule has 0 aromatic heterocycles. The minimum atomic E-state index is -0.986. The van der Waals surface area contributed by atoms with Crippen molar-refractivity contribution in [3.63, 3.8) is 0 Å². The van der Waals surface area contributed by atoms with Crippen LogP contribution in [0.25, 0.3) is 0 Å². The zero-order chi connectivity index (χ0) is 7.78. The predicted octanol–water partition coefficient (Wildman–Crippen LogP) is 1.13. The third kappa shape index (κ3) is 0.966. The van der Waals surface area contributed by atoms with Gasteiger partial charge in [-0.3, -0.25) is 4.79 Å². The summed E-state index contributed by atoms with van der Waals surface area (Å²) in [6.45, 7) is 3.41. The van der Waals surface area contributed by atoms with Gasteiger partial charge in [0.05, 0.1) is 0 Å². The maximum Gasteiger partial charge on any atom is 0.161 e. The second-order valence-corrected chi connectivity index (χ2v) is 3.27. The normalized spacial score (nSPS) is 40.1. The van der Waals surface area contributed by atoms with Crippen LogP contribution in [-0.4, -0.2) is 16.5 Å². The smallest absolute Gasteiger partial charge is 0.161 e. The lowest BCUT2D eigenvalue weighted by atomic mass is 9.89. The van der Waals surface area contributed by atoms with E-state index in [0.717, 1.165) is 12.8 Å². The first-order valence-electron chi connectivity index (χ1n) is 3.81. The zero-order valence-corrected chi connectivity index (χ0v) is 6.55. The van der Waals surface area contributed by atoms with Crippen LogP contribution < -0.4 is 0 Å². The van der Waals surface area contributed by atoms with Gasteiger partial charge in [0.2, 0.25) is 0 Å². The van der Waals surface area contributed by atoms with Crippen LogP contribution >= 0.6 is 0 Å². The summed E-state index contributed by atoms with van der Waals surface area (Å²) in [7, 11) is 0. The van der Waals surface area contributed by atoms with Crippen LogP contribution in [-0.2, 0) is 4.79 Å². The maximum absolute atomic E-state index is 10.9. The number of ketones is 1. The summed E-state index contributed by atoms with van der Waals surface area (Å²) in [5.41, 5.74) is -0.986. The van der Waals surface area contributed by atoms with Gasteiger partial charge >= 0.3 is 0 Å². The van der Waals surface area contributed by atoms with Gasteiger partial charge < -0.3 is 5.11 Å². The molecule has 2 unspecified atom stereocenters. The molecular weight excluding hydrogens is 128 g/mol. The second kappa shape index (κ2) is 2.35. The molecule has 2 heteroatoms. The molecule has 0 amide bonds. The lowest BCUT2D eigenvalue weighted by Crippen LogP contribution is -2.39. The molecule has 2 atom stereocenters. The largest absolute Gasteiger partial charge is 0.382 e. The second-order valence-electron chi connectivity index (χ2n) is 3.27. The Hall–Kier alpha value is -0.370. The summed E-state index contributed by atoms with van der Waals surface area (Å²) < 4.78 is 0. The first kappa shape index (κ1) is 7.73. The van der Waals surface area contributed by atoms with E-state index in [1.54, 1.807) is 0 Å². The van der Waals surface area contributed by atoms with E-state index >= 15 is 0 Å². The molecule has 1 N–H and O–H groups in total. The topological polar surface area (TPSA) is 37.3 Å². The number of Topliss-reactive ketones (excluding diaryl/α,β-unsaturated/α-hetero) is 1. The van der Waals surface area contributed by atoms with Crippen molar-refractivity contribution in [2.24, 2.45) is 5.92 Å². The van der Waals surface area contributed by atoms with Crippen molar-refractivity contribution in [1.29, 1.82) is 0 Å². The molecule has 1 aliphatic carbocycles. The molecular formula is C8H14O2. The van der Waals surface area contributed by atoms with Gasteiger partial charge in [0.15, 0.2) is 5.78 Å². The highest BCUT2D eigenvalue weighted by molar-refractivity contribution is 5.85. The molecule has 0 aromatic carbocycles. The maximum atomic E-state index is 10.9. The summed E-state index contributed by atoms with van der Waals surface area (Å²) in [6.07, 6.45) is 2.62. The van der Waals surface area contributed by atoms with Gasteiger partial charge in [-0.1, -0.05) is 6.92 Å². The Morgan fingerprint density at radius 1 is 1.70 bits per heavy atom. The van der Waals surface area contributed by atoms with Crippen LogP contribution in [0.5, 0.6) is 0 Å².